The van der Waals surface area contributed by atoms with Gasteiger partial charge in [0.15, 0.2) is 73.8 Å². The van der Waals surface area contributed by atoms with Gasteiger partial charge in [-0.1, -0.05) is 0 Å². The number of rotatable bonds is 17. The van der Waals surface area contributed by atoms with Gasteiger partial charge in [0.1, 0.15) is 24.9 Å². The van der Waals surface area contributed by atoms with Crippen LogP contribution in [0.15, 0.2) is 0 Å². The Balaban J connectivity index is 2.11. The van der Waals surface area contributed by atoms with Crippen molar-refractivity contribution in [2.24, 2.45) is 0 Å². The number of carbonyl (C=O) groups excluding carboxylic acids is 10. The van der Waals surface area contributed by atoms with Crippen LogP contribution in [0.2, 0.25) is 0 Å². The lowest BCUT2D eigenvalue weighted by atomic mass is 9.96. The largest absolute Gasteiger partial charge is 0.463 e. The van der Waals surface area contributed by atoms with E-state index in [2.05, 4.69) is 0 Å². The zero-order chi connectivity index (χ0) is 48.2. The molecule has 15 atom stereocenters. The SMILES string of the molecule is CC(=O)OC[C@H]1O[C@@H](OC[C@H]2O[C@@H](OC[C@H]3O[C@@H](O)[C@H](OC(C)=O)[C@@H](OC(C)=O)[C@@H]3OC(C)=O)[C@H](OC(C)=O)[C@@H](OC(C)=O)[C@@H]2OC(C)=O)[C@H](OC(C)=O)[C@@H](OC(C)=O)[C@@H]1OC(C)=O. The topological polar surface area (TPSA) is 329 Å². The minimum absolute atomic E-state index is 0.617. The lowest BCUT2D eigenvalue weighted by Gasteiger charge is -2.47. The summed E-state index contributed by atoms with van der Waals surface area (Å²) >= 11 is 0. The van der Waals surface area contributed by atoms with E-state index in [4.69, 9.17) is 71.1 Å². The lowest BCUT2D eigenvalue weighted by Crippen LogP contribution is -2.65. The van der Waals surface area contributed by atoms with Crippen molar-refractivity contribution in [3.63, 3.8) is 0 Å². The molecule has 0 radical (unpaired) electrons. The first kappa shape index (κ1) is 52.8. The number of esters is 10. The lowest BCUT2D eigenvalue weighted by molar-refractivity contribution is -0.343. The molecule has 0 aliphatic carbocycles. The van der Waals surface area contributed by atoms with E-state index in [1.807, 2.05) is 0 Å². The van der Waals surface area contributed by atoms with Gasteiger partial charge in [-0.05, 0) is 0 Å². The Bertz CT molecular complexity index is 1730. The molecule has 3 rings (SSSR count). The van der Waals surface area contributed by atoms with E-state index in [-0.39, 0.29) is 0 Å². The summed E-state index contributed by atoms with van der Waals surface area (Å²) in [5.74, 6) is -9.38. The molecule has 3 aliphatic heterocycles. The average Bonchev–Trinajstić information content (AvgIpc) is 3.14. The second-order valence-corrected chi connectivity index (χ2v) is 14.3. The van der Waals surface area contributed by atoms with Crippen molar-refractivity contribution in [3.05, 3.63) is 0 Å². The molecule has 64 heavy (non-hydrogen) atoms. The van der Waals surface area contributed by atoms with Gasteiger partial charge in [0.2, 0.25) is 0 Å². The molecule has 3 aliphatic rings. The predicted octanol–water partition coefficient (Wildman–Crippen LogP) is -1.86. The summed E-state index contributed by atoms with van der Waals surface area (Å²) < 4.78 is 83.3. The standard InChI is InChI=1S/C38H52O26/c1-14(39)50-11-25-28(54-16(3)41)31(57-19(6)44)34(60-22(9)47)38(63-25)52-13-26-29(55-17(4)42)32(58-20(7)45)35(61-23(10)48)37(64-26)51-12-24-27(53-15(2)40)30(56-18(5)43)33(36(49)62-24)59-21(8)46/h24-38,49H,11-13H2,1-10H3/t24-,25-,26-,27-,28-,29-,30+,31+,32+,33-,34-,35-,36-,37-,38-/m1/s1. The van der Waals surface area contributed by atoms with Crippen LogP contribution in [0, 0.1) is 0 Å². The van der Waals surface area contributed by atoms with Crippen molar-refractivity contribution in [1.82, 2.24) is 0 Å². The van der Waals surface area contributed by atoms with E-state index in [0.717, 1.165) is 69.2 Å². The second-order valence-electron chi connectivity index (χ2n) is 14.3. The third-order valence-corrected chi connectivity index (χ3v) is 8.81. The van der Waals surface area contributed by atoms with E-state index in [9.17, 15) is 53.1 Å². The molecule has 3 fully saturated rings. The second kappa shape index (κ2) is 23.9. The van der Waals surface area contributed by atoms with Crippen molar-refractivity contribution >= 4 is 59.7 Å². The first-order chi connectivity index (χ1) is 29.9. The van der Waals surface area contributed by atoms with Crippen LogP contribution in [0.25, 0.3) is 0 Å². The summed E-state index contributed by atoms with van der Waals surface area (Å²) in [6, 6.07) is 0. The van der Waals surface area contributed by atoms with E-state index in [0.29, 0.717) is 0 Å². The Labute approximate surface area is 364 Å². The van der Waals surface area contributed by atoms with Gasteiger partial charge in [0.05, 0.1) is 13.2 Å². The van der Waals surface area contributed by atoms with Gasteiger partial charge in [0.25, 0.3) is 0 Å². The third kappa shape index (κ3) is 15.6. The van der Waals surface area contributed by atoms with Gasteiger partial charge < -0.3 is 76.2 Å². The molecule has 0 aromatic rings. The predicted molar refractivity (Wildman–Crippen MR) is 197 cm³/mol. The quantitative estimate of drug-likeness (QED) is 0.123. The van der Waals surface area contributed by atoms with Crippen LogP contribution >= 0.6 is 0 Å². The highest BCUT2D eigenvalue weighted by Crippen LogP contribution is 2.35. The molecule has 0 aromatic heterocycles. The number of ether oxygens (including phenoxy) is 15. The summed E-state index contributed by atoms with van der Waals surface area (Å²) in [5, 5.41) is 10.9. The molecular formula is C38H52O26. The van der Waals surface area contributed by atoms with Gasteiger partial charge in [-0.3, -0.25) is 47.9 Å². The molecule has 0 unspecified atom stereocenters. The van der Waals surface area contributed by atoms with Crippen LogP contribution in [0.1, 0.15) is 69.2 Å². The number of hydrogen-bond donors (Lipinski definition) is 1. The smallest absolute Gasteiger partial charge is 0.303 e. The van der Waals surface area contributed by atoms with Gasteiger partial charge >= 0.3 is 59.7 Å². The molecular weight excluding hydrogens is 872 g/mol. The zero-order valence-corrected chi connectivity index (χ0v) is 36.4. The van der Waals surface area contributed by atoms with Gasteiger partial charge in [-0.2, -0.15) is 0 Å². The van der Waals surface area contributed by atoms with Crippen molar-refractivity contribution < 1.29 is 124 Å². The maximum absolute atomic E-state index is 12.6. The van der Waals surface area contributed by atoms with Crippen LogP contribution in [0.5, 0.6) is 0 Å². The minimum Gasteiger partial charge on any atom is -0.463 e. The Kier molecular flexibility index (Phi) is 19.8. The molecule has 0 aromatic carbocycles. The Morgan fingerprint density at radius 3 is 0.891 bits per heavy atom. The molecule has 0 spiro atoms. The van der Waals surface area contributed by atoms with Crippen molar-refractivity contribution in [1.29, 1.82) is 0 Å². The van der Waals surface area contributed by atoms with Crippen LogP contribution in [-0.2, 0) is 119 Å². The van der Waals surface area contributed by atoms with Crippen LogP contribution in [-0.4, -0.2) is 177 Å². The molecule has 3 heterocycles. The summed E-state index contributed by atoms with van der Waals surface area (Å²) in [6.07, 6.45) is -25.6. The van der Waals surface area contributed by atoms with Crippen molar-refractivity contribution in [2.45, 2.75) is 161 Å². The number of hydrogen-bond acceptors (Lipinski definition) is 26. The van der Waals surface area contributed by atoms with E-state index in [1.54, 1.807) is 0 Å². The van der Waals surface area contributed by atoms with Gasteiger partial charge in [-0.15, -0.1) is 0 Å². The summed E-state index contributed by atoms with van der Waals surface area (Å²) in [5.41, 5.74) is 0. The van der Waals surface area contributed by atoms with Crippen LogP contribution in [0.3, 0.4) is 0 Å². The van der Waals surface area contributed by atoms with E-state index >= 15 is 0 Å². The first-order valence-electron chi connectivity index (χ1n) is 19.4. The van der Waals surface area contributed by atoms with Crippen molar-refractivity contribution in [3.8, 4) is 0 Å². The third-order valence-electron chi connectivity index (χ3n) is 8.81. The minimum atomic E-state index is -2.02. The van der Waals surface area contributed by atoms with E-state index in [1.165, 1.54) is 0 Å². The fraction of sp³-hybridized carbons (Fsp3) is 0.737. The molecule has 3 saturated heterocycles. The summed E-state index contributed by atoms with van der Waals surface area (Å²) in [7, 11) is 0. The fourth-order valence-electron chi connectivity index (χ4n) is 6.83. The molecule has 0 saturated carbocycles. The molecule has 26 heteroatoms. The number of carbonyl (C=O) groups is 10. The molecule has 1 N–H and O–H groups in total. The zero-order valence-electron chi connectivity index (χ0n) is 36.4. The highest BCUT2D eigenvalue weighted by molar-refractivity contribution is 5.70. The normalized spacial score (nSPS) is 32.3. The number of aliphatic hydroxyl groups is 1. The summed E-state index contributed by atoms with van der Waals surface area (Å²) in [6.45, 7) is 7.75. The Hall–Kier alpha value is -5.54. The van der Waals surface area contributed by atoms with Crippen LogP contribution < -0.4 is 0 Å². The maximum atomic E-state index is 12.6. The highest BCUT2D eigenvalue weighted by Gasteiger charge is 2.57. The van der Waals surface area contributed by atoms with Gasteiger partial charge in [-0.25, -0.2) is 0 Å². The molecule has 26 nitrogen and oxygen atoms in total. The highest BCUT2D eigenvalue weighted by atomic mass is 16.8. The average molecular weight is 925 g/mol. The van der Waals surface area contributed by atoms with Crippen molar-refractivity contribution in [2.75, 3.05) is 19.8 Å². The molecule has 0 amide bonds. The summed E-state index contributed by atoms with van der Waals surface area (Å²) in [4.78, 5) is 123. The molecule has 0 bridgehead atoms. The fourth-order valence-corrected chi connectivity index (χ4v) is 6.83. The maximum Gasteiger partial charge on any atom is 0.303 e. The monoisotopic (exact) mass is 924 g/mol. The first-order valence-corrected chi connectivity index (χ1v) is 19.4. The van der Waals surface area contributed by atoms with Gasteiger partial charge in [0, 0.05) is 69.2 Å². The Morgan fingerprint density at radius 2 is 0.578 bits per heavy atom. The van der Waals surface area contributed by atoms with E-state index < -0.39 is 172 Å². The number of aliphatic hydroxyl groups excluding tert-OH is 1. The molecule has 360 valence electrons. The van der Waals surface area contributed by atoms with Crippen LogP contribution in [0.4, 0.5) is 0 Å². The Morgan fingerprint density at radius 1 is 0.328 bits per heavy atom.